The van der Waals surface area contributed by atoms with Crippen molar-refractivity contribution < 1.29 is 13.9 Å². The number of carbonyl (C=O) groups excluding carboxylic acids is 1. The molecule has 1 unspecified atom stereocenters. The third-order valence-corrected chi connectivity index (χ3v) is 4.86. The summed E-state index contributed by atoms with van der Waals surface area (Å²) in [6, 6.07) is 11.7. The van der Waals surface area contributed by atoms with Crippen molar-refractivity contribution in [2.45, 2.75) is 18.9 Å². The lowest BCUT2D eigenvalue weighted by molar-refractivity contribution is 0.0734. The Morgan fingerprint density at radius 2 is 2.00 bits per heavy atom. The lowest BCUT2D eigenvalue weighted by atomic mass is 10.0. The maximum atomic E-state index is 13.1. The van der Waals surface area contributed by atoms with Crippen molar-refractivity contribution in [1.82, 2.24) is 4.90 Å². The molecule has 0 radical (unpaired) electrons. The number of benzene rings is 2. The molecule has 0 aliphatic carbocycles. The molecule has 120 valence electrons. The van der Waals surface area contributed by atoms with Gasteiger partial charge in [-0.3, -0.25) is 4.79 Å². The number of rotatable bonds is 3. The van der Waals surface area contributed by atoms with Gasteiger partial charge in [-0.2, -0.15) is 0 Å². The van der Waals surface area contributed by atoms with E-state index in [2.05, 4.69) is 15.9 Å². The van der Waals surface area contributed by atoms with E-state index >= 15 is 0 Å². The number of halogens is 2. The summed E-state index contributed by atoms with van der Waals surface area (Å²) in [5.41, 5.74) is 1.55. The van der Waals surface area contributed by atoms with Crippen molar-refractivity contribution in [2.75, 3.05) is 13.7 Å². The third-order valence-electron chi connectivity index (χ3n) is 4.17. The van der Waals surface area contributed by atoms with Crippen LogP contribution in [0.15, 0.2) is 46.9 Å². The molecule has 1 aliphatic rings. The van der Waals surface area contributed by atoms with E-state index in [0.717, 1.165) is 22.9 Å². The number of ether oxygens (including phenoxy) is 1. The van der Waals surface area contributed by atoms with Crippen molar-refractivity contribution in [3.8, 4) is 5.75 Å². The van der Waals surface area contributed by atoms with Crippen LogP contribution in [0.4, 0.5) is 4.39 Å². The first-order valence-corrected chi connectivity index (χ1v) is 8.29. The molecule has 5 heteroatoms. The average molecular weight is 378 g/mol. The van der Waals surface area contributed by atoms with Crippen LogP contribution in [0, 0.1) is 5.82 Å². The topological polar surface area (TPSA) is 29.5 Å². The summed E-state index contributed by atoms with van der Waals surface area (Å²) < 4.78 is 19.1. The number of hydrogen-bond donors (Lipinski definition) is 0. The molecule has 0 saturated carbocycles. The molecule has 3 rings (SSSR count). The van der Waals surface area contributed by atoms with Crippen LogP contribution < -0.4 is 4.74 Å². The Morgan fingerprint density at radius 3 is 2.70 bits per heavy atom. The summed E-state index contributed by atoms with van der Waals surface area (Å²) >= 11 is 3.44. The fourth-order valence-electron chi connectivity index (χ4n) is 2.99. The zero-order valence-electron chi connectivity index (χ0n) is 12.8. The maximum Gasteiger partial charge on any atom is 0.255 e. The van der Waals surface area contributed by atoms with E-state index in [1.54, 1.807) is 25.3 Å². The van der Waals surface area contributed by atoms with E-state index in [1.165, 1.54) is 12.1 Å². The number of carbonyl (C=O) groups is 1. The molecule has 23 heavy (non-hydrogen) atoms. The Bertz CT molecular complexity index is 717. The summed E-state index contributed by atoms with van der Waals surface area (Å²) in [6.07, 6.45) is 1.83. The van der Waals surface area contributed by atoms with Crippen LogP contribution in [-0.2, 0) is 0 Å². The Balaban J connectivity index is 1.90. The quantitative estimate of drug-likeness (QED) is 0.783. The molecule has 1 saturated heterocycles. The van der Waals surface area contributed by atoms with Crippen molar-refractivity contribution in [3.05, 3.63) is 63.9 Å². The van der Waals surface area contributed by atoms with Crippen LogP contribution in [0.2, 0.25) is 0 Å². The van der Waals surface area contributed by atoms with Gasteiger partial charge in [-0.1, -0.05) is 12.1 Å². The van der Waals surface area contributed by atoms with E-state index in [9.17, 15) is 9.18 Å². The summed E-state index contributed by atoms with van der Waals surface area (Å²) in [7, 11) is 1.58. The van der Waals surface area contributed by atoms with Gasteiger partial charge in [0, 0.05) is 11.0 Å². The summed E-state index contributed by atoms with van der Waals surface area (Å²) in [5.74, 6) is 0.344. The van der Waals surface area contributed by atoms with E-state index in [0.29, 0.717) is 17.9 Å². The van der Waals surface area contributed by atoms with Crippen molar-refractivity contribution >= 4 is 21.8 Å². The van der Waals surface area contributed by atoms with E-state index < -0.39 is 0 Å². The van der Waals surface area contributed by atoms with Gasteiger partial charge >= 0.3 is 0 Å². The minimum Gasteiger partial charge on any atom is -0.497 e. The standard InChI is InChI=1S/C18H17BrFNO2/c1-23-14-8-9-16(19)15(11-14)18(22)21-10-2-3-17(21)12-4-6-13(20)7-5-12/h4-9,11,17H,2-3,10H2,1H3. The van der Waals surface area contributed by atoms with E-state index in [4.69, 9.17) is 4.74 Å². The summed E-state index contributed by atoms with van der Waals surface area (Å²) in [4.78, 5) is 14.8. The second-order valence-electron chi connectivity index (χ2n) is 5.55. The van der Waals surface area contributed by atoms with Gasteiger partial charge in [0.25, 0.3) is 5.91 Å². The van der Waals surface area contributed by atoms with Gasteiger partial charge < -0.3 is 9.64 Å². The second kappa shape index (κ2) is 6.71. The Morgan fingerprint density at radius 1 is 1.26 bits per heavy atom. The summed E-state index contributed by atoms with van der Waals surface area (Å²) in [5, 5.41) is 0. The molecule has 0 aromatic heterocycles. The average Bonchev–Trinajstić information content (AvgIpc) is 3.05. The molecular weight excluding hydrogens is 361 g/mol. The van der Waals surface area contributed by atoms with Crippen LogP contribution in [0.25, 0.3) is 0 Å². The fourth-order valence-corrected chi connectivity index (χ4v) is 3.41. The van der Waals surface area contributed by atoms with E-state index in [1.807, 2.05) is 17.0 Å². The minimum atomic E-state index is -0.264. The first-order chi connectivity index (χ1) is 11.1. The molecule has 0 spiro atoms. The predicted molar refractivity (Wildman–Crippen MR) is 90.1 cm³/mol. The highest BCUT2D eigenvalue weighted by Gasteiger charge is 2.31. The minimum absolute atomic E-state index is 0.0128. The molecule has 3 nitrogen and oxygen atoms in total. The molecule has 1 amide bonds. The molecule has 2 aromatic carbocycles. The molecule has 1 aliphatic heterocycles. The van der Waals surface area contributed by atoms with Gasteiger partial charge in [0.15, 0.2) is 0 Å². The Hall–Kier alpha value is -1.88. The Kier molecular flexibility index (Phi) is 4.66. The van der Waals surface area contributed by atoms with E-state index in [-0.39, 0.29) is 17.8 Å². The Labute approximate surface area is 143 Å². The van der Waals surface area contributed by atoms with Gasteiger partial charge in [0.2, 0.25) is 0 Å². The molecule has 0 N–H and O–H groups in total. The number of methoxy groups -OCH3 is 1. The van der Waals surface area contributed by atoms with Crippen LogP contribution in [0.1, 0.15) is 34.8 Å². The van der Waals surface area contributed by atoms with Gasteiger partial charge in [0.05, 0.1) is 18.7 Å². The molecule has 0 bridgehead atoms. The molecule has 1 fully saturated rings. The maximum absolute atomic E-state index is 13.1. The van der Waals surface area contributed by atoms with Crippen LogP contribution >= 0.6 is 15.9 Å². The fraction of sp³-hybridized carbons (Fsp3) is 0.278. The van der Waals surface area contributed by atoms with Gasteiger partial charge in [-0.05, 0) is 64.7 Å². The van der Waals surface area contributed by atoms with Crippen LogP contribution in [-0.4, -0.2) is 24.5 Å². The number of likely N-dealkylation sites (tertiary alicyclic amines) is 1. The third kappa shape index (κ3) is 3.24. The van der Waals surface area contributed by atoms with Crippen molar-refractivity contribution in [3.63, 3.8) is 0 Å². The van der Waals surface area contributed by atoms with Gasteiger partial charge in [0.1, 0.15) is 11.6 Å². The monoisotopic (exact) mass is 377 g/mol. The molecule has 1 heterocycles. The van der Waals surface area contributed by atoms with Crippen LogP contribution in [0.3, 0.4) is 0 Å². The largest absolute Gasteiger partial charge is 0.497 e. The zero-order chi connectivity index (χ0) is 16.4. The van der Waals surface area contributed by atoms with Crippen molar-refractivity contribution in [2.24, 2.45) is 0 Å². The van der Waals surface area contributed by atoms with Crippen LogP contribution in [0.5, 0.6) is 5.75 Å². The second-order valence-corrected chi connectivity index (χ2v) is 6.41. The highest BCUT2D eigenvalue weighted by Crippen LogP contribution is 2.35. The number of nitrogens with zero attached hydrogens (tertiary/aromatic N) is 1. The molecule has 1 atom stereocenters. The summed E-state index contributed by atoms with van der Waals surface area (Å²) in [6.45, 7) is 0.699. The predicted octanol–water partition coefficient (Wildman–Crippen LogP) is 4.57. The number of amides is 1. The first kappa shape index (κ1) is 16.0. The molecular formula is C18H17BrFNO2. The lowest BCUT2D eigenvalue weighted by Crippen LogP contribution is -2.30. The highest BCUT2D eigenvalue weighted by molar-refractivity contribution is 9.10. The van der Waals surface area contributed by atoms with Gasteiger partial charge in [-0.15, -0.1) is 0 Å². The molecule has 2 aromatic rings. The first-order valence-electron chi connectivity index (χ1n) is 7.50. The SMILES string of the molecule is COc1ccc(Br)c(C(=O)N2CCCC2c2ccc(F)cc2)c1. The zero-order valence-corrected chi connectivity index (χ0v) is 14.3. The lowest BCUT2D eigenvalue weighted by Gasteiger charge is -2.26. The highest BCUT2D eigenvalue weighted by atomic mass is 79.9. The van der Waals surface area contributed by atoms with Crippen molar-refractivity contribution in [1.29, 1.82) is 0 Å². The normalized spacial score (nSPS) is 17.3. The smallest absolute Gasteiger partial charge is 0.255 e. The van der Waals surface area contributed by atoms with Gasteiger partial charge in [-0.25, -0.2) is 4.39 Å². The number of hydrogen-bond acceptors (Lipinski definition) is 2.